The minimum absolute atomic E-state index is 0.0370. The zero-order valence-electron chi connectivity index (χ0n) is 15.5. The largest absolute Gasteiger partial charge is 0.495 e. The number of carbonyl (C=O) groups excluding carboxylic acids is 1. The van der Waals surface area contributed by atoms with Gasteiger partial charge in [0.1, 0.15) is 17.3 Å². The zero-order valence-corrected chi connectivity index (χ0v) is 16.4. The number of piperazine rings is 1. The predicted molar refractivity (Wildman–Crippen MR) is 111 cm³/mol. The number of para-hydroxylation sites is 2. The van der Waals surface area contributed by atoms with E-state index in [2.05, 4.69) is 20.2 Å². The van der Waals surface area contributed by atoms with Crippen molar-refractivity contribution < 1.29 is 9.53 Å². The lowest BCUT2D eigenvalue weighted by molar-refractivity contribution is 0.0741. The molecule has 0 aliphatic carbocycles. The summed E-state index contributed by atoms with van der Waals surface area (Å²) < 4.78 is 5.45. The van der Waals surface area contributed by atoms with Crippen LogP contribution in [-0.2, 0) is 0 Å². The van der Waals surface area contributed by atoms with Crippen LogP contribution in [0.1, 0.15) is 10.5 Å². The molecule has 1 aliphatic heterocycles. The highest BCUT2D eigenvalue weighted by atomic mass is 32.1. The summed E-state index contributed by atoms with van der Waals surface area (Å²) >= 11 is 1.40. The standard InChI is InChI=1S/C20H21N5O2S/c1-27-17-7-3-2-6-16(17)24-10-12-25(13-11-24)19(26)15-14-28-20(22-15)23-18-8-4-5-9-21-18/h2-9,14H,10-13H2,1H3,(H,21,22,23). The summed E-state index contributed by atoms with van der Waals surface area (Å²) in [6.45, 7) is 2.82. The van der Waals surface area contributed by atoms with E-state index in [1.54, 1.807) is 18.7 Å². The predicted octanol–water partition coefficient (Wildman–Crippen LogP) is 3.25. The maximum atomic E-state index is 12.8. The monoisotopic (exact) mass is 395 g/mol. The van der Waals surface area contributed by atoms with Gasteiger partial charge in [-0.1, -0.05) is 18.2 Å². The van der Waals surface area contributed by atoms with Crippen molar-refractivity contribution in [1.29, 1.82) is 0 Å². The van der Waals surface area contributed by atoms with Crippen molar-refractivity contribution in [3.05, 3.63) is 59.7 Å². The Hall–Kier alpha value is -3.13. The molecule has 1 N–H and O–H groups in total. The van der Waals surface area contributed by atoms with Gasteiger partial charge < -0.3 is 19.9 Å². The topological polar surface area (TPSA) is 70.6 Å². The number of nitrogens with one attached hydrogen (secondary N) is 1. The molecule has 1 aromatic carbocycles. The van der Waals surface area contributed by atoms with Crippen LogP contribution in [0.4, 0.5) is 16.6 Å². The Morgan fingerprint density at radius 1 is 1.11 bits per heavy atom. The fraction of sp³-hybridized carbons (Fsp3) is 0.250. The SMILES string of the molecule is COc1ccccc1N1CCN(C(=O)c2csc(Nc3ccccn3)n2)CC1. The third kappa shape index (κ3) is 3.91. The van der Waals surface area contributed by atoms with Crippen molar-refractivity contribution >= 4 is 33.9 Å². The fourth-order valence-electron chi connectivity index (χ4n) is 3.18. The average Bonchev–Trinajstić information content (AvgIpc) is 3.22. The molecule has 4 rings (SSSR count). The number of carbonyl (C=O) groups is 1. The van der Waals surface area contributed by atoms with Crippen molar-refractivity contribution in [3.8, 4) is 5.75 Å². The van der Waals surface area contributed by atoms with E-state index in [-0.39, 0.29) is 5.91 Å². The molecule has 1 aliphatic rings. The van der Waals surface area contributed by atoms with Gasteiger partial charge in [-0.25, -0.2) is 9.97 Å². The summed E-state index contributed by atoms with van der Waals surface area (Å²) in [5.41, 5.74) is 1.53. The zero-order chi connectivity index (χ0) is 19.3. The Labute approximate surface area is 167 Å². The van der Waals surface area contributed by atoms with Crippen LogP contribution >= 0.6 is 11.3 Å². The Kier molecular flexibility index (Phi) is 5.38. The highest BCUT2D eigenvalue weighted by Crippen LogP contribution is 2.28. The summed E-state index contributed by atoms with van der Waals surface area (Å²) in [5, 5.41) is 5.58. The van der Waals surface area contributed by atoms with Gasteiger partial charge in [0.05, 0.1) is 12.8 Å². The number of pyridine rings is 1. The number of hydrogen-bond acceptors (Lipinski definition) is 7. The number of ether oxygens (including phenoxy) is 1. The minimum Gasteiger partial charge on any atom is -0.495 e. The van der Waals surface area contributed by atoms with E-state index in [0.717, 1.165) is 24.5 Å². The molecule has 1 amide bonds. The Bertz CT molecular complexity index is 939. The van der Waals surface area contributed by atoms with Gasteiger partial charge in [0, 0.05) is 37.8 Å². The van der Waals surface area contributed by atoms with E-state index in [9.17, 15) is 4.79 Å². The normalized spacial score (nSPS) is 14.0. The molecule has 144 valence electrons. The quantitative estimate of drug-likeness (QED) is 0.715. The highest BCUT2D eigenvalue weighted by Gasteiger charge is 2.25. The lowest BCUT2D eigenvalue weighted by Gasteiger charge is -2.36. The summed E-state index contributed by atoms with van der Waals surface area (Å²) in [6.07, 6.45) is 1.71. The molecule has 0 bridgehead atoms. The first-order valence-electron chi connectivity index (χ1n) is 9.05. The molecular formula is C20H21N5O2S. The van der Waals surface area contributed by atoms with Gasteiger partial charge in [0.2, 0.25) is 0 Å². The number of amides is 1. The van der Waals surface area contributed by atoms with Gasteiger partial charge in [0.25, 0.3) is 5.91 Å². The van der Waals surface area contributed by atoms with Crippen LogP contribution in [0, 0.1) is 0 Å². The summed E-state index contributed by atoms with van der Waals surface area (Å²) in [6, 6.07) is 13.6. The number of methoxy groups -OCH3 is 1. The number of hydrogen-bond donors (Lipinski definition) is 1. The molecule has 7 nitrogen and oxygen atoms in total. The van der Waals surface area contributed by atoms with Crippen molar-refractivity contribution in [2.75, 3.05) is 43.5 Å². The Morgan fingerprint density at radius 3 is 2.64 bits per heavy atom. The van der Waals surface area contributed by atoms with Crippen LogP contribution in [0.25, 0.3) is 0 Å². The fourth-order valence-corrected chi connectivity index (χ4v) is 3.87. The van der Waals surface area contributed by atoms with Crippen LogP contribution in [-0.4, -0.2) is 54.1 Å². The highest BCUT2D eigenvalue weighted by molar-refractivity contribution is 7.14. The molecule has 1 fully saturated rings. The first-order chi connectivity index (χ1) is 13.7. The number of aromatic nitrogens is 2. The maximum absolute atomic E-state index is 12.8. The number of nitrogens with zero attached hydrogens (tertiary/aromatic N) is 4. The van der Waals surface area contributed by atoms with Crippen molar-refractivity contribution in [1.82, 2.24) is 14.9 Å². The number of anilines is 3. The molecule has 0 unspecified atom stereocenters. The van der Waals surface area contributed by atoms with Gasteiger partial charge >= 0.3 is 0 Å². The average molecular weight is 395 g/mol. The Balaban J connectivity index is 1.38. The van der Waals surface area contributed by atoms with Gasteiger partial charge in [-0.2, -0.15) is 0 Å². The van der Waals surface area contributed by atoms with E-state index in [1.807, 2.05) is 47.4 Å². The second kappa shape index (κ2) is 8.26. The molecule has 0 spiro atoms. The number of benzene rings is 1. The maximum Gasteiger partial charge on any atom is 0.273 e. The van der Waals surface area contributed by atoms with E-state index < -0.39 is 0 Å². The van der Waals surface area contributed by atoms with Crippen LogP contribution in [0.3, 0.4) is 0 Å². The first-order valence-corrected chi connectivity index (χ1v) is 9.93. The summed E-state index contributed by atoms with van der Waals surface area (Å²) in [4.78, 5) is 25.6. The van der Waals surface area contributed by atoms with Gasteiger partial charge in [-0.15, -0.1) is 11.3 Å². The van der Waals surface area contributed by atoms with E-state index in [1.165, 1.54) is 11.3 Å². The van der Waals surface area contributed by atoms with E-state index >= 15 is 0 Å². The molecule has 0 atom stereocenters. The molecule has 1 saturated heterocycles. The van der Waals surface area contributed by atoms with Crippen LogP contribution in [0.5, 0.6) is 5.75 Å². The van der Waals surface area contributed by atoms with Crippen LogP contribution in [0.2, 0.25) is 0 Å². The third-order valence-electron chi connectivity index (χ3n) is 4.62. The summed E-state index contributed by atoms with van der Waals surface area (Å²) in [7, 11) is 1.68. The molecule has 28 heavy (non-hydrogen) atoms. The van der Waals surface area contributed by atoms with Gasteiger partial charge in [-0.05, 0) is 24.3 Å². The molecule has 0 radical (unpaired) electrons. The first kappa shape index (κ1) is 18.2. The van der Waals surface area contributed by atoms with Crippen LogP contribution < -0.4 is 15.0 Å². The van der Waals surface area contributed by atoms with Crippen LogP contribution in [0.15, 0.2) is 54.0 Å². The molecule has 0 saturated carbocycles. The lowest BCUT2D eigenvalue weighted by Crippen LogP contribution is -2.49. The van der Waals surface area contributed by atoms with Gasteiger partial charge in [-0.3, -0.25) is 4.79 Å². The lowest BCUT2D eigenvalue weighted by atomic mass is 10.2. The molecule has 3 aromatic rings. The second-order valence-electron chi connectivity index (χ2n) is 6.33. The molecule has 2 aromatic heterocycles. The minimum atomic E-state index is -0.0370. The Morgan fingerprint density at radius 2 is 1.89 bits per heavy atom. The van der Waals surface area contributed by atoms with Crippen molar-refractivity contribution in [3.63, 3.8) is 0 Å². The summed E-state index contributed by atoms with van der Waals surface area (Å²) in [5.74, 6) is 1.53. The molecule has 3 heterocycles. The second-order valence-corrected chi connectivity index (χ2v) is 7.19. The third-order valence-corrected chi connectivity index (χ3v) is 5.37. The van der Waals surface area contributed by atoms with Gasteiger partial charge in [0.15, 0.2) is 5.13 Å². The molecule has 8 heteroatoms. The number of rotatable bonds is 5. The number of thiazole rings is 1. The van der Waals surface area contributed by atoms with E-state index in [0.29, 0.717) is 29.7 Å². The smallest absolute Gasteiger partial charge is 0.273 e. The molecular weight excluding hydrogens is 374 g/mol. The van der Waals surface area contributed by atoms with E-state index in [4.69, 9.17) is 4.74 Å². The van der Waals surface area contributed by atoms with Crippen molar-refractivity contribution in [2.45, 2.75) is 0 Å². The van der Waals surface area contributed by atoms with Crippen molar-refractivity contribution in [2.24, 2.45) is 0 Å².